The van der Waals surface area contributed by atoms with Gasteiger partial charge in [-0.2, -0.15) is 0 Å². The smallest absolute Gasteiger partial charge is 0.224 e. The number of phenols is 1. The van der Waals surface area contributed by atoms with Gasteiger partial charge in [-0.25, -0.2) is 0 Å². The van der Waals surface area contributed by atoms with Gasteiger partial charge in [-0.1, -0.05) is 6.07 Å². The zero-order chi connectivity index (χ0) is 11.8. The third-order valence-corrected chi connectivity index (χ3v) is 2.03. The quantitative estimate of drug-likeness (QED) is 0.726. The summed E-state index contributed by atoms with van der Waals surface area (Å²) in [6.07, 6.45) is 1.13. The Labute approximate surface area is 95.2 Å². The number of ether oxygens (including phenoxy) is 1. The highest BCUT2D eigenvalue weighted by Gasteiger charge is 2.02. The van der Waals surface area contributed by atoms with Gasteiger partial charge in [0.25, 0.3) is 0 Å². The Kier molecular flexibility index (Phi) is 5.36. The fourth-order valence-corrected chi connectivity index (χ4v) is 1.29. The molecule has 0 aromatic heterocycles. The van der Waals surface area contributed by atoms with E-state index in [9.17, 15) is 9.90 Å². The number of phenolic OH excluding ortho intramolecular Hbond substituents is 1. The number of amides is 1. The fourth-order valence-electron chi connectivity index (χ4n) is 1.29. The number of hydrogen-bond donors (Lipinski definition) is 2. The molecule has 0 saturated carbocycles. The van der Waals surface area contributed by atoms with Crippen LogP contribution in [0.4, 0.5) is 5.69 Å². The van der Waals surface area contributed by atoms with Crippen LogP contribution in [0.5, 0.6) is 5.75 Å². The van der Waals surface area contributed by atoms with Crippen LogP contribution in [0, 0.1) is 0 Å². The van der Waals surface area contributed by atoms with Gasteiger partial charge in [-0.3, -0.25) is 4.79 Å². The van der Waals surface area contributed by atoms with Crippen LogP contribution in [-0.2, 0) is 9.53 Å². The van der Waals surface area contributed by atoms with Crippen molar-refractivity contribution >= 4 is 11.6 Å². The first-order valence-electron chi connectivity index (χ1n) is 5.39. The Morgan fingerprint density at radius 3 is 3.00 bits per heavy atom. The minimum Gasteiger partial charge on any atom is -0.508 e. The predicted octanol–water partition coefficient (Wildman–Crippen LogP) is 2.15. The van der Waals surface area contributed by atoms with E-state index >= 15 is 0 Å². The Hall–Kier alpha value is -1.55. The first-order valence-corrected chi connectivity index (χ1v) is 5.39. The first kappa shape index (κ1) is 12.5. The monoisotopic (exact) mass is 223 g/mol. The van der Waals surface area contributed by atoms with Gasteiger partial charge in [-0.05, 0) is 25.5 Å². The summed E-state index contributed by atoms with van der Waals surface area (Å²) < 4.78 is 5.13. The molecule has 0 fully saturated rings. The van der Waals surface area contributed by atoms with Gasteiger partial charge in [-0.15, -0.1) is 0 Å². The highest BCUT2D eigenvalue weighted by atomic mass is 16.5. The highest BCUT2D eigenvalue weighted by molar-refractivity contribution is 5.90. The Bertz CT molecular complexity index is 339. The summed E-state index contributed by atoms with van der Waals surface area (Å²) in [6.45, 7) is 3.20. The minimum atomic E-state index is -0.0645. The van der Waals surface area contributed by atoms with E-state index in [1.807, 2.05) is 6.92 Å². The lowest BCUT2D eigenvalue weighted by Gasteiger charge is -2.05. The average molecular weight is 223 g/mol. The van der Waals surface area contributed by atoms with Crippen LogP contribution >= 0.6 is 0 Å². The number of carbonyl (C=O) groups is 1. The predicted molar refractivity (Wildman–Crippen MR) is 62.5 cm³/mol. The van der Waals surface area contributed by atoms with Crippen LogP contribution in [-0.4, -0.2) is 24.2 Å². The van der Waals surface area contributed by atoms with Crippen LogP contribution in [0.3, 0.4) is 0 Å². The second-order valence-electron chi connectivity index (χ2n) is 3.40. The van der Waals surface area contributed by atoms with E-state index in [1.54, 1.807) is 18.2 Å². The van der Waals surface area contributed by atoms with Gasteiger partial charge in [0.05, 0.1) is 0 Å². The van der Waals surface area contributed by atoms with Gasteiger partial charge < -0.3 is 15.2 Å². The van der Waals surface area contributed by atoms with Crippen molar-refractivity contribution in [1.29, 1.82) is 0 Å². The second kappa shape index (κ2) is 6.85. The van der Waals surface area contributed by atoms with Gasteiger partial charge in [0.15, 0.2) is 0 Å². The molecule has 1 amide bonds. The lowest BCUT2D eigenvalue weighted by Crippen LogP contribution is -2.12. The van der Waals surface area contributed by atoms with E-state index < -0.39 is 0 Å². The molecule has 0 spiro atoms. The van der Waals surface area contributed by atoms with Crippen LogP contribution in [0.1, 0.15) is 19.8 Å². The molecule has 0 aliphatic rings. The maximum atomic E-state index is 11.4. The van der Waals surface area contributed by atoms with Crippen LogP contribution in [0.2, 0.25) is 0 Å². The molecule has 1 aromatic rings. The Balaban J connectivity index is 2.29. The number of benzene rings is 1. The summed E-state index contributed by atoms with van der Waals surface area (Å²) >= 11 is 0. The van der Waals surface area contributed by atoms with Crippen molar-refractivity contribution in [2.45, 2.75) is 19.8 Å². The number of carbonyl (C=O) groups excluding carboxylic acids is 1. The largest absolute Gasteiger partial charge is 0.508 e. The van der Waals surface area contributed by atoms with Gasteiger partial charge >= 0.3 is 0 Å². The number of nitrogens with one attached hydrogen (secondary N) is 1. The molecule has 1 aromatic carbocycles. The molecular formula is C12H17NO3. The lowest BCUT2D eigenvalue weighted by molar-refractivity contribution is -0.116. The summed E-state index contributed by atoms with van der Waals surface area (Å²) in [4.78, 5) is 11.4. The van der Waals surface area contributed by atoms with Gasteiger partial charge in [0, 0.05) is 31.4 Å². The van der Waals surface area contributed by atoms with Gasteiger partial charge in [0.1, 0.15) is 5.75 Å². The minimum absolute atomic E-state index is 0.0645. The molecule has 0 aliphatic carbocycles. The van der Waals surface area contributed by atoms with E-state index in [0.717, 1.165) is 0 Å². The first-order chi connectivity index (χ1) is 7.72. The molecule has 0 aliphatic heterocycles. The number of rotatable bonds is 6. The van der Waals surface area contributed by atoms with Crippen molar-refractivity contribution in [3.63, 3.8) is 0 Å². The molecule has 0 atom stereocenters. The standard InChI is InChI=1S/C12H17NO3/c1-2-16-8-4-7-12(15)13-10-5-3-6-11(14)9-10/h3,5-6,9,14H,2,4,7-8H2,1H3,(H,13,15). The van der Waals surface area contributed by atoms with Crippen molar-refractivity contribution in [2.24, 2.45) is 0 Å². The normalized spacial score (nSPS) is 10.1. The van der Waals surface area contributed by atoms with E-state index in [1.165, 1.54) is 6.07 Å². The SMILES string of the molecule is CCOCCCC(=O)Nc1cccc(O)c1. The zero-order valence-electron chi connectivity index (χ0n) is 9.40. The van der Waals surface area contributed by atoms with Crippen molar-refractivity contribution in [2.75, 3.05) is 18.5 Å². The Morgan fingerprint density at radius 2 is 2.31 bits per heavy atom. The number of hydrogen-bond acceptors (Lipinski definition) is 3. The number of anilines is 1. The molecule has 0 saturated heterocycles. The van der Waals surface area contributed by atoms with Crippen LogP contribution in [0.25, 0.3) is 0 Å². The highest BCUT2D eigenvalue weighted by Crippen LogP contribution is 2.15. The van der Waals surface area contributed by atoms with Crippen LogP contribution < -0.4 is 5.32 Å². The summed E-state index contributed by atoms with van der Waals surface area (Å²) in [5.74, 6) is 0.0809. The van der Waals surface area contributed by atoms with E-state index in [0.29, 0.717) is 31.7 Å². The van der Waals surface area contributed by atoms with Crippen molar-refractivity contribution in [1.82, 2.24) is 0 Å². The lowest BCUT2D eigenvalue weighted by atomic mass is 10.2. The van der Waals surface area contributed by atoms with E-state index in [-0.39, 0.29) is 11.7 Å². The zero-order valence-corrected chi connectivity index (χ0v) is 9.40. The molecule has 0 unspecified atom stereocenters. The van der Waals surface area contributed by atoms with Crippen LogP contribution in [0.15, 0.2) is 24.3 Å². The molecule has 4 heteroatoms. The number of aromatic hydroxyl groups is 1. The molecule has 1 rings (SSSR count). The van der Waals surface area contributed by atoms with Crippen molar-refractivity contribution in [3.8, 4) is 5.75 Å². The molecule has 4 nitrogen and oxygen atoms in total. The summed E-state index contributed by atoms with van der Waals surface area (Å²) in [5.41, 5.74) is 0.612. The third kappa shape index (κ3) is 4.79. The molecule has 0 radical (unpaired) electrons. The molecule has 16 heavy (non-hydrogen) atoms. The van der Waals surface area contributed by atoms with Crippen molar-refractivity contribution in [3.05, 3.63) is 24.3 Å². The van der Waals surface area contributed by atoms with E-state index in [4.69, 9.17) is 4.74 Å². The topological polar surface area (TPSA) is 58.6 Å². The summed E-state index contributed by atoms with van der Waals surface area (Å²) in [7, 11) is 0. The maximum Gasteiger partial charge on any atom is 0.224 e. The molecule has 88 valence electrons. The Morgan fingerprint density at radius 1 is 1.50 bits per heavy atom. The second-order valence-corrected chi connectivity index (χ2v) is 3.40. The van der Waals surface area contributed by atoms with Crippen molar-refractivity contribution < 1.29 is 14.6 Å². The van der Waals surface area contributed by atoms with E-state index in [2.05, 4.69) is 5.32 Å². The van der Waals surface area contributed by atoms with Gasteiger partial charge in [0.2, 0.25) is 5.91 Å². The summed E-state index contributed by atoms with van der Waals surface area (Å²) in [5, 5.41) is 11.9. The average Bonchev–Trinajstić information content (AvgIpc) is 2.24. The fraction of sp³-hybridized carbons (Fsp3) is 0.417. The molecule has 0 heterocycles. The third-order valence-electron chi connectivity index (χ3n) is 2.03. The molecular weight excluding hydrogens is 206 g/mol. The molecule has 0 bridgehead atoms. The maximum absolute atomic E-state index is 11.4. The molecule has 2 N–H and O–H groups in total. The summed E-state index contributed by atoms with van der Waals surface area (Å²) in [6, 6.07) is 6.50.